The molecule has 7 heteroatoms. The van der Waals surface area contributed by atoms with E-state index >= 15 is 0 Å². The maximum atomic E-state index is 11.9. The van der Waals surface area contributed by atoms with Crippen molar-refractivity contribution in [3.63, 3.8) is 0 Å². The predicted octanol–water partition coefficient (Wildman–Crippen LogP) is 2.37. The lowest BCUT2D eigenvalue weighted by Crippen LogP contribution is -2.47. The number of carboxylic acids is 1. The smallest absolute Gasteiger partial charge is 0.326 e. The Balaban J connectivity index is 4.55. The van der Waals surface area contributed by atoms with Gasteiger partial charge in [-0.15, -0.1) is 0 Å². The molecule has 0 spiro atoms. The molecule has 0 fully saturated rings. The van der Waals surface area contributed by atoms with E-state index in [2.05, 4.69) is 39.2 Å². The van der Waals surface area contributed by atoms with Gasteiger partial charge in [0.2, 0.25) is 5.91 Å². The number of aliphatic carboxylic acids is 1. The van der Waals surface area contributed by atoms with Crippen LogP contribution < -0.4 is 5.32 Å². The molecule has 0 aliphatic carbocycles. The van der Waals surface area contributed by atoms with Crippen molar-refractivity contribution in [1.82, 2.24) is 5.32 Å². The first-order valence-corrected chi connectivity index (χ1v) is 11.0. The predicted molar refractivity (Wildman–Crippen MR) is 92.8 cm³/mol. The zero-order valence-corrected chi connectivity index (χ0v) is 16.5. The lowest BCUT2D eigenvalue weighted by molar-refractivity contribution is -0.144. The summed E-state index contributed by atoms with van der Waals surface area (Å²) in [4.78, 5) is 23.1. The second-order valence-corrected chi connectivity index (χ2v) is 12.8. The SMILES string of the molecule is CC(C)C[C@@H](O)C(=O)N[C@@H](CCO[Si](C)(C)C(C)(C)C)C(=O)O. The fourth-order valence-corrected chi connectivity index (χ4v) is 2.79. The first kappa shape index (κ1) is 22.1. The van der Waals surface area contributed by atoms with E-state index in [0.29, 0.717) is 6.42 Å². The van der Waals surface area contributed by atoms with Gasteiger partial charge in [-0.1, -0.05) is 34.6 Å². The van der Waals surface area contributed by atoms with Gasteiger partial charge in [-0.05, 0) is 30.5 Å². The highest BCUT2D eigenvalue weighted by atomic mass is 28.4. The lowest BCUT2D eigenvalue weighted by atomic mass is 10.1. The van der Waals surface area contributed by atoms with E-state index in [0.717, 1.165) is 0 Å². The summed E-state index contributed by atoms with van der Waals surface area (Å²) in [6.07, 6.45) is -0.696. The largest absolute Gasteiger partial charge is 0.480 e. The molecule has 136 valence electrons. The van der Waals surface area contributed by atoms with Crippen LogP contribution in [0.5, 0.6) is 0 Å². The van der Waals surface area contributed by atoms with Gasteiger partial charge in [0.1, 0.15) is 12.1 Å². The van der Waals surface area contributed by atoms with Crippen LogP contribution in [0.3, 0.4) is 0 Å². The van der Waals surface area contributed by atoms with Gasteiger partial charge in [0.15, 0.2) is 8.32 Å². The van der Waals surface area contributed by atoms with Crippen LogP contribution in [0.2, 0.25) is 18.1 Å². The van der Waals surface area contributed by atoms with Crippen molar-refractivity contribution in [2.24, 2.45) is 5.92 Å². The second kappa shape index (κ2) is 8.80. The van der Waals surface area contributed by atoms with Gasteiger partial charge in [-0.2, -0.15) is 0 Å². The average molecular weight is 348 g/mol. The molecule has 0 radical (unpaired) electrons. The minimum Gasteiger partial charge on any atom is -0.480 e. The molecule has 0 aromatic rings. The van der Waals surface area contributed by atoms with E-state index in [1.165, 1.54) is 0 Å². The number of rotatable bonds is 9. The quantitative estimate of drug-likeness (QED) is 0.557. The summed E-state index contributed by atoms with van der Waals surface area (Å²) < 4.78 is 5.94. The number of carbonyl (C=O) groups excluding carboxylic acids is 1. The zero-order valence-electron chi connectivity index (χ0n) is 15.5. The van der Waals surface area contributed by atoms with Crippen LogP contribution in [-0.4, -0.2) is 49.2 Å². The first-order valence-electron chi connectivity index (χ1n) is 8.13. The van der Waals surface area contributed by atoms with Crippen LogP contribution in [0.4, 0.5) is 0 Å². The molecule has 0 aliphatic heterocycles. The number of aliphatic hydroxyl groups excluding tert-OH is 1. The van der Waals surface area contributed by atoms with Crippen LogP contribution in [0, 0.1) is 5.92 Å². The summed E-state index contributed by atoms with van der Waals surface area (Å²) >= 11 is 0. The normalized spacial score (nSPS) is 15.3. The Morgan fingerprint density at radius 2 is 1.74 bits per heavy atom. The zero-order chi connectivity index (χ0) is 18.4. The van der Waals surface area contributed by atoms with Crippen LogP contribution in [0.1, 0.15) is 47.5 Å². The summed E-state index contributed by atoms with van der Waals surface area (Å²) in [6, 6.07) is -1.05. The van der Waals surface area contributed by atoms with Gasteiger partial charge in [0, 0.05) is 13.0 Å². The molecular formula is C16H33NO5Si. The Labute approximate surface area is 140 Å². The third kappa shape index (κ3) is 7.94. The Hall–Kier alpha value is -0.923. The highest BCUT2D eigenvalue weighted by molar-refractivity contribution is 6.74. The van der Waals surface area contributed by atoms with Crippen LogP contribution in [0.25, 0.3) is 0 Å². The van der Waals surface area contributed by atoms with Gasteiger partial charge in [-0.25, -0.2) is 4.79 Å². The van der Waals surface area contributed by atoms with Gasteiger partial charge < -0.3 is 20.0 Å². The Morgan fingerprint density at radius 3 is 2.13 bits per heavy atom. The molecule has 0 unspecified atom stereocenters. The van der Waals surface area contributed by atoms with Gasteiger partial charge in [-0.3, -0.25) is 4.79 Å². The van der Waals surface area contributed by atoms with Crippen molar-refractivity contribution >= 4 is 20.2 Å². The number of amides is 1. The monoisotopic (exact) mass is 347 g/mol. The van der Waals surface area contributed by atoms with Crippen molar-refractivity contribution in [1.29, 1.82) is 0 Å². The topological polar surface area (TPSA) is 95.9 Å². The minimum absolute atomic E-state index is 0.0441. The number of carbonyl (C=O) groups is 2. The molecule has 1 amide bonds. The highest BCUT2D eigenvalue weighted by Crippen LogP contribution is 2.36. The van der Waals surface area contributed by atoms with E-state index in [-0.39, 0.29) is 24.0 Å². The van der Waals surface area contributed by atoms with Crippen LogP contribution in [0.15, 0.2) is 0 Å². The molecule has 3 N–H and O–H groups in total. The molecular weight excluding hydrogens is 314 g/mol. The summed E-state index contributed by atoms with van der Waals surface area (Å²) in [5.41, 5.74) is 0. The first-order chi connectivity index (χ1) is 10.3. The molecule has 0 rings (SSSR count). The summed E-state index contributed by atoms with van der Waals surface area (Å²) in [6.45, 7) is 14.6. The third-order valence-corrected chi connectivity index (χ3v) is 8.83. The fraction of sp³-hybridized carbons (Fsp3) is 0.875. The van der Waals surface area contributed by atoms with Crippen molar-refractivity contribution in [3.8, 4) is 0 Å². The summed E-state index contributed by atoms with van der Waals surface area (Å²) in [5, 5.41) is 21.4. The maximum Gasteiger partial charge on any atom is 0.326 e. The van der Waals surface area contributed by atoms with Gasteiger partial charge >= 0.3 is 5.97 Å². The molecule has 0 aromatic carbocycles. The number of carboxylic acid groups (broad SMARTS) is 1. The molecule has 0 bridgehead atoms. The Kier molecular flexibility index (Phi) is 8.44. The second-order valence-electron chi connectivity index (χ2n) is 7.94. The molecule has 0 saturated carbocycles. The molecule has 0 aromatic heterocycles. The molecule has 0 heterocycles. The van der Waals surface area contributed by atoms with E-state index in [9.17, 15) is 19.8 Å². The van der Waals surface area contributed by atoms with Crippen molar-refractivity contribution in [3.05, 3.63) is 0 Å². The molecule has 0 saturated heterocycles. The van der Waals surface area contributed by atoms with Crippen molar-refractivity contribution in [2.45, 2.75) is 77.7 Å². The highest BCUT2D eigenvalue weighted by Gasteiger charge is 2.37. The number of hydrogen-bond acceptors (Lipinski definition) is 4. The van der Waals surface area contributed by atoms with Crippen molar-refractivity contribution < 1.29 is 24.2 Å². The van der Waals surface area contributed by atoms with E-state index in [1.807, 2.05) is 13.8 Å². The van der Waals surface area contributed by atoms with E-state index in [1.54, 1.807) is 0 Å². The molecule has 6 nitrogen and oxygen atoms in total. The third-order valence-electron chi connectivity index (χ3n) is 4.29. The van der Waals surface area contributed by atoms with Crippen LogP contribution >= 0.6 is 0 Å². The summed E-state index contributed by atoms with van der Waals surface area (Å²) in [5.74, 6) is -1.60. The molecule has 0 aliphatic rings. The van der Waals surface area contributed by atoms with Gasteiger partial charge in [0.25, 0.3) is 0 Å². The maximum absolute atomic E-state index is 11.9. The number of aliphatic hydroxyl groups is 1. The fourth-order valence-electron chi connectivity index (χ4n) is 1.73. The Morgan fingerprint density at radius 1 is 1.22 bits per heavy atom. The molecule has 2 atom stereocenters. The average Bonchev–Trinajstić information content (AvgIpc) is 2.34. The van der Waals surface area contributed by atoms with E-state index in [4.69, 9.17) is 4.43 Å². The minimum atomic E-state index is -1.95. The molecule has 23 heavy (non-hydrogen) atoms. The lowest BCUT2D eigenvalue weighted by Gasteiger charge is -2.36. The van der Waals surface area contributed by atoms with Crippen LogP contribution in [-0.2, 0) is 14.0 Å². The summed E-state index contributed by atoms with van der Waals surface area (Å²) in [7, 11) is -1.95. The van der Waals surface area contributed by atoms with Gasteiger partial charge in [0.05, 0.1) is 0 Å². The number of hydrogen-bond donors (Lipinski definition) is 3. The standard InChI is InChI=1S/C16H33NO5Si/c1-11(2)10-13(18)14(19)17-12(15(20)21)8-9-22-23(6,7)16(3,4)5/h11-13,18H,8-10H2,1-7H3,(H,17,19)(H,20,21)/t12-,13+/m0/s1. The Bertz CT molecular complexity index is 404. The van der Waals surface area contributed by atoms with E-state index < -0.39 is 32.3 Å². The van der Waals surface area contributed by atoms with Crippen molar-refractivity contribution in [2.75, 3.05) is 6.61 Å². The number of nitrogens with one attached hydrogen (secondary N) is 1.